The van der Waals surface area contributed by atoms with E-state index < -0.39 is 0 Å². The molecule has 110 valence electrons. The van der Waals surface area contributed by atoms with Crippen LogP contribution in [0.3, 0.4) is 0 Å². The molecule has 0 amide bonds. The number of nitro benzene ring substituents is 1. The van der Waals surface area contributed by atoms with Crippen LogP contribution in [-0.2, 0) is 0 Å². The summed E-state index contributed by atoms with van der Waals surface area (Å²) >= 11 is 2.28. The van der Waals surface area contributed by atoms with Gasteiger partial charge in [0.2, 0.25) is 0 Å². The monoisotopic (exact) mass is 396 g/mol. The molecule has 2 aromatic carbocycles. The molecule has 5 heteroatoms. The average Bonchev–Trinajstić information content (AvgIpc) is 2.48. The summed E-state index contributed by atoms with van der Waals surface area (Å²) in [7, 11) is 0. The van der Waals surface area contributed by atoms with Crippen molar-refractivity contribution in [3.8, 4) is 0 Å². The van der Waals surface area contributed by atoms with Gasteiger partial charge in [0.15, 0.2) is 0 Å². The van der Waals surface area contributed by atoms with Crippen LogP contribution in [0.2, 0.25) is 0 Å². The molecule has 21 heavy (non-hydrogen) atoms. The quantitative estimate of drug-likeness (QED) is 0.456. The van der Waals surface area contributed by atoms with E-state index in [2.05, 4.69) is 59.1 Å². The Kier molecular flexibility index (Phi) is 5.30. The zero-order chi connectivity index (χ0) is 15.4. The Balaban J connectivity index is 2.10. The molecule has 2 rings (SSSR count). The molecule has 1 N–H and O–H groups in total. The van der Waals surface area contributed by atoms with Crippen molar-refractivity contribution in [2.75, 3.05) is 0 Å². The van der Waals surface area contributed by atoms with Crippen LogP contribution in [0.4, 0.5) is 5.69 Å². The molecular weight excluding hydrogens is 379 g/mol. The van der Waals surface area contributed by atoms with E-state index in [9.17, 15) is 10.1 Å². The van der Waals surface area contributed by atoms with Crippen LogP contribution in [0.25, 0.3) is 0 Å². The third-order valence-electron chi connectivity index (χ3n) is 3.45. The van der Waals surface area contributed by atoms with Crippen molar-refractivity contribution in [1.82, 2.24) is 5.32 Å². The van der Waals surface area contributed by atoms with E-state index in [0.29, 0.717) is 0 Å². The van der Waals surface area contributed by atoms with Gasteiger partial charge in [-0.05, 0) is 59.7 Å². The topological polar surface area (TPSA) is 55.2 Å². The molecule has 0 fully saturated rings. The SMILES string of the molecule is CC(NC(C)c1cccc([N+](=O)[O-])c1)c1ccc(I)cc1. The van der Waals surface area contributed by atoms with E-state index in [-0.39, 0.29) is 22.7 Å². The molecule has 0 aromatic heterocycles. The Morgan fingerprint density at radius 1 is 1.05 bits per heavy atom. The number of nitro groups is 1. The largest absolute Gasteiger partial charge is 0.304 e. The Bertz CT molecular complexity index is 628. The van der Waals surface area contributed by atoms with Gasteiger partial charge in [-0.25, -0.2) is 0 Å². The normalized spacial score (nSPS) is 13.7. The van der Waals surface area contributed by atoms with E-state index >= 15 is 0 Å². The number of nitrogens with one attached hydrogen (secondary N) is 1. The third-order valence-corrected chi connectivity index (χ3v) is 4.17. The third kappa shape index (κ3) is 4.25. The highest BCUT2D eigenvalue weighted by atomic mass is 127. The highest BCUT2D eigenvalue weighted by Crippen LogP contribution is 2.22. The second kappa shape index (κ2) is 7.00. The van der Waals surface area contributed by atoms with Gasteiger partial charge in [-0.15, -0.1) is 0 Å². The summed E-state index contributed by atoms with van der Waals surface area (Å²) in [5, 5.41) is 14.3. The standard InChI is InChI=1S/C16H17IN2O2/c1-11(13-6-8-15(17)9-7-13)18-12(2)14-4-3-5-16(10-14)19(20)21/h3-12,18H,1-2H3. The van der Waals surface area contributed by atoms with E-state index in [1.165, 1.54) is 15.2 Å². The van der Waals surface area contributed by atoms with Gasteiger partial charge in [-0.3, -0.25) is 10.1 Å². The van der Waals surface area contributed by atoms with E-state index in [1.54, 1.807) is 12.1 Å². The molecule has 0 aliphatic carbocycles. The highest BCUT2D eigenvalue weighted by Gasteiger charge is 2.14. The predicted octanol–water partition coefficient (Wildman–Crippen LogP) is 4.61. The van der Waals surface area contributed by atoms with Crippen LogP contribution in [0.15, 0.2) is 48.5 Å². The number of non-ortho nitro benzene ring substituents is 1. The maximum absolute atomic E-state index is 10.8. The Hall–Kier alpha value is -1.47. The summed E-state index contributed by atoms with van der Waals surface area (Å²) in [4.78, 5) is 10.5. The average molecular weight is 396 g/mol. The summed E-state index contributed by atoms with van der Waals surface area (Å²) in [6.07, 6.45) is 0. The molecule has 0 aliphatic heterocycles. The summed E-state index contributed by atoms with van der Waals surface area (Å²) < 4.78 is 1.20. The second-order valence-corrected chi connectivity index (χ2v) is 6.26. The molecule has 2 atom stereocenters. The molecule has 0 saturated carbocycles. The van der Waals surface area contributed by atoms with Crippen molar-refractivity contribution < 1.29 is 4.92 Å². The Morgan fingerprint density at radius 2 is 1.67 bits per heavy atom. The molecule has 2 unspecified atom stereocenters. The van der Waals surface area contributed by atoms with Gasteiger partial charge in [0.25, 0.3) is 5.69 Å². The van der Waals surface area contributed by atoms with Gasteiger partial charge in [-0.2, -0.15) is 0 Å². The summed E-state index contributed by atoms with van der Waals surface area (Å²) in [6, 6.07) is 15.3. The van der Waals surface area contributed by atoms with Crippen molar-refractivity contribution in [3.63, 3.8) is 0 Å². The van der Waals surface area contributed by atoms with Crippen LogP contribution >= 0.6 is 22.6 Å². The van der Waals surface area contributed by atoms with Crippen LogP contribution < -0.4 is 5.32 Å². The Morgan fingerprint density at radius 3 is 2.29 bits per heavy atom. The number of hydrogen-bond donors (Lipinski definition) is 1. The van der Waals surface area contributed by atoms with E-state index in [4.69, 9.17) is 0 Å². The summed E-state index contributed by atoms with van der Waals surface area (Å²) in [5.41, 5.74) is 2.25. The highest BCUT2D eigenvalue weighted by molar-refractivity contribution is 14.1. The summed E-state index contributed by atoms with van der Waals surface area (Å²) in [6.45, 7) is 4.11. The van der Waals surface area contributed by atoms with Crippen molar-refractivity contribution in [1.29, 1.82) is 0 Å². The van der Waals surface area contributed by atoms with Gasteiger partial charge >= 0.3 is 0 Å². The fraction of sp³-hybridized carbons (Fsp3) is 0.250. The second-order valence-electron chi connectivity index (χ2n) is 5.01. The molecule has 0 aliphatic rings. The minimum Gasteiger partial charge on any atom is -0.304 e. The van der Waals surface area contributed by atoms with Crippen molar-refractivity contribution >= 4 is 28.3 Å². The Labute approximate surface area is 137 Å². The van der Waals surface area contributed by atoms with Gasteiger partial charge in [0.05, 0.1) is 4.92 Å². The van der Waals surface area contributed by atoms with Gasteiger partial charge < -0.3 is 5.32 Å². The minimum absolute atomic E-state index is 0.0409. The maximum Gasteiger partial charge on any atom is 0.269 e. The fourth-order valence-corrected chi connectivity index (χ4v) is 2.59. The zero-order valence-electron chi connectivity index (χ0n) is 11.9. The number of hydrogen-bond acceptors (Lipinski definition) is 3. The van der Waals surface area contributed by atoms with Crippen LogP contribution in [0.5, 0.6) is 0 Å². The van der Waals surface area contributed by atoms with Crippen LogP contribution in [0, 0.1) is 13.7 Å². The van der Waals surface area contributed by atoms with Crippen molar-refractivity contribution in [2.24, 2.45) is 0 Å². The van der Waals surface area contributed by atoms with Gasteiger partial charge in [-0.1, -0.05) is 24.3 Å². The first-order valence-electron chi connectivity index (χ1n) is 6.73. The number of halogens is 1. The van der Waals surface area contributed by atoms with E-state index in [0.717, 1.165) is 5.56 Å². The first-order chi connectivity index (χ1) is 9.97. The molecule has 0 spiro atoms. The van der Waals surface area contributed by atoms with Crippen LogP contribution in [0.1, 0.15) is 37.1 Å². The van der Waals surface area contributed by atoms with Crippen molar-refractivity contribution in [3.05, 3.63) is 73.3 Å². The molecule has 0 saturated heterocycles. The molecule has 0 radical (unpaired) electrons. The first-order valence-corrected chi connectivity index (χ1v) is 7.81. The minimum atomic E-state index is -0.362. The zero-order valence-corrected chi connectivity index (χ0v) is 14.1. The first kappa shape index (κ1) is 15.9. The smallest absolute Gasteiger partial charge is 0.269 e. The predicted molar refractivity (Wildman–Crippen MR) is 92.2 cm³/mol. The molecular formula is C16H17IN2O2. The lowest BCUT2D eigenvalue weighted by Gasteiger charge is -2.20. The fourth-order valence-electron chi connectivity index (χ4n) is 2.23. The van der Waals surface area contributed by atoms with Gasteiger partial charge in [0, 0.05) is 27.8 Å². The molecule has 0 bridgehead atoms. The molecule has 0 heterocycles. The van der Waals surface area contributed by atoms with Gasteiger partial charge in [0.1, 0.15) is 0 Å². The number of benzene rings is 2. The van der Waals surface area contributed by atoms with Crippen molar-refractivity contribution in [2.45, 2.75) is 25.9 Å². The lowest BCUT2D eigenvalue weighted by atomic mass is 10.0. The molecule has 2 aromatic rings. The van der Waals surface area contributed by atoms with Crippen LogP contribution in [-0.4, -0.2) is 4.92 Å². The summed E-state index contributed by atoms with van der Waals surface area (Å²) in [5.74, 6) is 0. The lowest BCUT2D eigenvalue weighted by molar-refractivity contribution is -0.384. The lowest BCUT2D eigenvalue weighted by Crippen LogP contribution is -2.22. The number of rotatable bonds is 5. The molecule has 4 nitrogen and oxygen atoms in total. The maximum atomic E-state index is 10.8. The number of nitrogens with zero attached hydrogens (tertiary/aromatic N) is 1. The van der Waals surface area contributed by atoms with E-state index in [1.807, 2.05) is 13.0 Å².